The number of hydrogen-bond acceptors (Lipinski definition) is 3. The van der Waals surface area contributed by atoms with Crippen LogP contribution in [0.1, 0.15) is 42.1 Å². The van der Waals surface area contributed by atoms with Crippen LogP contribution in [0.15, 0.2) is 30.6 Å². The normalized spacial score (nSPS) is 26.5. The Kier molecular flexibility index (Phi) is 3.56. The van der Waals surface area contributed by atoms with E-state index in [1.807, 2.05) is 15.8 Å². The maximum Gasteiger partial charge on any atom is 0.255 e. The van der Waals surface area contributed by atoms with Gasteiger partial charge >= 0.3 is 0 Å². The number of rotatable bonds is 2. The number of benzene rings is 1. The highest BCUT2D eigenvalue weighted by atomic mass is 35.5. The molecule has 2 aliphatic rings. The van der Waals surface area contributed by atoms with Gasteiger partial charge in [-0.1, -0.05) is 16.8 Å². The quantitative estimate of drug-likeness (QED) is 0.848. The van der Waals surface area contributed by atoms with Crippen molar-refractivity contribution in [3.63, 3.8) is 0 Å². The minimum Gasteiger partial charge on any atom is -0.332 e. The van der Waals surface area contributed by atoms with Crippen LogP contribution in [-0.4, -0.2) is 37.9 Å². The highest BCUT2D eigenvalue weighted by Crippen LogP contribution is 2.41. The van der Waals surface area contributed by atoms with Crippen molar-refractivity contribution >= 4 is 17.5 Å². The zero-order valence-corrected chi connectivity index (χ0v) is 13.2. The SMILES string of the molecule is O=C(c1ccc(F)cc1Cl)N1C2CCC1CC(n1ccnn1)C2. The summed E-state index contributed by atoms with van der Waals surface area (Å²) in [5.41, 5.74) is 0.379. The van der Waals surface area contributed by atoms with Gasteiger partial charge in [0.2, 0.25) is 0 Å². The molecule has 7 heteroatoms. The third kappa shape index (κ3) is 2.51. The van der Waals surface area contributed by atoms with Crippen molar-refractivity contribution in [2.24, 2.45) is 0 Å². The van der Waals surface area contributed by atoms with E-state index in [0.717, 1.165) is 25.7 Å². The number of amides is 1. The van der Waals surface area contributed by atoms with E-state index in [-0.39, 0.29) is 29.1 Å². The van der Waals surface area contributed by atoms with Gasteiger partial charge in [0.1, 0.15) is 5.82 Å². The van der Waals surface area contributed by atoms with Crippen LogP contribution in [0.25, 0.3) is 0 Å². The molecule has 0 N–H and O–H groups in total. The van der Waals surface area contributed by atoms with Crippen LogP contribution in [0.2, 0.25) is 5.02 Å². The summed E-state index contributed by atoms with van der Waals surface area (Å²) >= 11 is 6.06. The Hall–Kier alpha value is -1.95. The van der Waals surface area contributed by atoms with Crippen LogP contribution < -0.4 is 0 Å². The van der Waals surface area contributed by atoms with Crippen molar-refractivity contribution in [2.75, 3.05) is 0 Å². The Morgan fingerprint density at radius 3 is 2.57 bits per heavy atom. The van der Waals surface area contributed by atoms with E-state index in [0.29, 0.717) is 5.56 Å². The molecule has 1 amide bonds. The van der Waals surface area contributed by atoms with Crippen LogP contribution >= 0.6 is 11.6 Å². The molecule has 5 nitrogen and oxygen atoms in total. The molecule has 2 bridgehead atoms. The Morgan fingerprint density at radius 2 is 1.96 bits per heavy atom. The first-order valence-electron chi connectivity index (χ1n) is 7.77. The zero-order valence-electron chi connectivity index (χ0n) is 12.4. The number of piperidine rings is 1. The predicted molar refractivity (Wildman–Crippen MR) is 82.7 cm³/mol. The molecule has 0 aliphatic carbocycles. The maximum atomic E-state index is 13.2. The van der Waals surface area contributed by atoms with Crippen molar-refractivity contribution in [3.05, 3.63) is 47.0 Å². The van der Waals surface area contributed by atoms with Crippen molar-refractivity contribution in [1.29, 1.82) is 0 Å². The van der Waals surface area contributed by atoms with Gasteiger partial charge in [0.15, 0.2) is 0 Å². The highest BCUT2D eigenvalue weighted by Gasteiger charge is 2.44. The molecule has 1 aromatic heterocycles. The molecule has 0 spiro atoms. The molecule has 2 aromatic rings. The maximum absolute atomic E-state index is 13.2. The summed E-state index contributed by atoms with van der Waals surface area (Å²) in [4.78, 5) is 14.8. The van der Waals surface area contributed by atoms with Gasteiger partial charge < -0.3 is 4.90 Å². The lowest BCUT2D eigenvalue weighted by Gasteiger charge is -2.39. The van der Waals surface area contributed by atoms with Crippen molar-refractivity contribution in [1.82, 2.24) is 19.9 Å². The molecule has 4 rings (SSSR count). The van der Waals surface area contributed by atoms with Crippen LogP contribution in [0, 0.1) is 5.82 Å². The number of hydrogen-bond donors (Lipinski definition) is 0. The van der Waals surface area contributed by atoms with E-state index in [4.69, 9.17) is 11.6 Å². The van der Waals surface area contributed by atoms with Gasteiger partial charge in [-0.25, -0.2) is 9.07 Å². The second kappa shape index (κ2) is 5.60. The van der Waals surface area contributed by atoms with Gasteiger partial charge in [0, 0.05) is 18.3 Å². The first kappa shape index (κ1) is 14.6. The Bertz CT molecular complexity index is 722. The monoisotopic (exact) mass is 334 g/mol. The summed E-state index contributed by atoms with van der Waals surface area (Å²) in [6.45, 7) is 0. The molecule has 2 unspecified atom stereocenters. The second-order valence-corrected chi connectivity index (χ2v) is 6.64. The number of aromatic nitrogens is 3. The lowest BCUT2D eigenvalue weighted by Crippen LogP contribution is -2.47. The van der Waals surface area contributed by atoms with Gasteiger partial charge in [0.25, 0.3) is 5.91 Å². The molecule has 2 fully saturated rings. The molecule has 0 radical (unpaired) electrons. The van der Waals surface area contributed by atoms with Crippen LogP contribution in [-0.2, 0) is 0 Å². The molecule has 1 aromatic carbocycles. The predicted octanol–water partition coefficient (Wildman–Crippen LogP) is 3.08. The fourth-order valence-corrected chi connectivity index (χ4v) is 4.16. The number of carbonyl (C=O) groups is 1. The molecule has 0 saturated carbocycles. The average Bonchev–Trinajstić information content (AvgIpc) is 3.13. The van der Waals surface area contributed by atoms with Crippen LogP contribution in [0.4, 0.5) is 4.39 Å². The third-order valence-corrected chi connectivity index (χ3v) is 5.23. The molecule has 120 valence electrons. The zero-order chi connectivity index (χ0) is 16.0. The molecule has 3 heterocycles. The summed E-state index contributed by atoms with van der Waals surface area (Å²) < 4.78 is 15.1. The van der Waals surface area contributed by atoms with Crippen molar-refractivity contribution in [2.45, 2.75) is 43.8 Å². The molecule has 2 atom stereocenters. The number of carbonyl (C=O) groups excluding carboxylic acids is 1. The summed E-state index contributed by atoms with van der Waals surface area (Å²) in [6, 6.07) is 4.58. The fraction of sp³-hybridized carbons (Fsp3) is 0.438. The van der Waals surface area contributed by atoms with Gasteiger partial charge in [-0.3, -0.25) is 4.79 Å². The van der Waals surface area contributed by atoms with Crippen LogP contribution in [0.5, 0.6) is 0 Å². The largest absolute Gasteiger partial charge is 0.332 e. The lowest BCUT2D eigenvalue weighted by atomic mass is 9.96. The summed E-state index contributed by atoms with van der Waals surface area (Å²) in [7, 11) is 0. The number of halogens is 2. The number of fused-ring (bicyclic) bond motifs is 2. The van der Waals surface area contributed by atoms with Crippen molar-refractivity contribution in [3.8, 4) is 0 Å². The smallest absolute Gasteiger partial charge is 0.255 e. The molecule has 2 aliphatic heterocycles. The van der Waals surface area contributed by atoms with E-state index in [9.17, 15) is 9.18 Å². The highest BCUT2D eigenvalue weighted by molar-refractivity contribution is 6.33. The summed E-state index contributed by atoms with van der Waals surface area (Å²) in [5.74, 6) is -0.529. The fourth-order valence-electron chi connectivity index (χ4n) is 3.91. The van der Waals surface area contributed by atoms with E-state index < -0.39 is 5.82 Å². The summed E-state index contributed by atoms with van der Waals surface area (Å²) in [5, 5.41) is 8.13. The van der Waals surface area contributed by atoms with Crippen LogP contribution in [0.3, 0.4) is 0 Å². The third-order valence-electron chi connectivity index (χ3n) is 4.92. The van der Waals surface area contributed by atoms with E-state index >= 15 is 0 Å². The molecular weight excluding hydrogens is 319 g/mol. The lowest BCUT2D eigenvalue weighted by molar-refractivity contribution is 0.0523. The minimum absolute atomic E-state index is 0.0976. The Morgan fingerprint density at radius 1 is 1.22 bits per heavy atom. The molecular formula is C16H16ClFN4O. The molecule has 2 saturated heterocycles. The first-order chi connectivity index (χ1) is 11.1. The van der Waals surface area contributed by atoms with Gasteiger partial charge in [-0.2, -0.15) is 0 Å². The topological polar surface area (TPSA) is 51.0 Å². The van der Waals surface area contributed by atoms with E-state index in [1.165, 1.54) is 18.2 Å². The second-order valence-electron chi connectivity index (χ2n) is 6.23. The van der Waals surface area contributed by atoms with E-state index in [2.05, 4.69) is 10.3 Å². The van der Waals surface area contributed by atoms with Gasteiger partial charge in [-0.05, 0) is 43.9 Å². The van der Waals surface area contributed by atoms with Crippen molar-refractivity contribution < 1.29 is 9.18 Å². The molecule has 23 heavy (non-hydrogen) atoms. The first-order valence-corrected chi connectivity index (χ1v) is 8.15. The summed E-state index contributed by atoms with van der Waals surface area (Å²) in [6.07, 6.45) is 7.26. The average molecular weight is 335 g/mol. The van der Waals surface area contributed by atoms with Gasteiger partial charge in [-0.15, -0.1) is 5.10 Å². The Labute approximate surface area is 138 Å². The van der Waals surface area contributed by atoms with E-state index in [1.54, 1.807) is 6.20 Å². The Balaban J connectivity index is 1.58. The minimum atomic E-state index is -0.431. The standard InChI is InChI=1S/C16H16ClFN4O/c17-15-7-10(18)1-4-14(15)16(23)22-11-2-3-12(22)9-13(8-11)21-6-5-19-20-21/h1,4-7,11-13H,2-3,8-9H2. The number of nitrogens with zero attached hydrogens (tertiary/aromatic N) is 4. The van der Waals surface area contributed by atoms with Gasteiger partial charge in [0.05, 0.1) is 22.8 Å².